The lowest BCUT2D eigenvalue weighted by atomic mass is 10.0. The van der Waals surface area contributed by atoms with Gasteiger partial charge >= 0.3 is 0 Å². The largest absolute Gasteiger partial charge is 0.356 e. The van der Waals surface area contributed by atoms with Crippen LogP contribution in [0.3, 0.4) is 0 Å². The van der Waals surface area contributed by atoms with E-state index in [9.17, 15) is 0 Å². The second kappa shape index (κ2) is 7.24. The van der Waals surface area contributed by atoms with E-state index >= 15 is 0 Å². The predicted octanol–water partition coefficient (Wildman–Crippen LogP) is 3.92. The van der Waals surface area contributed by atoms with E-state index in [-0.39, 0.29) is 5.79 Å². The van der Waals surface area contributed by atoms with Crippen LogP contribution >= 0.6 is 11.3 Å². The van der Waals surface area contributed by atoms with E-state index in [1.54, 1.807) is 11.3 Å². The van der Waals surface area contributed by atoms with Crippen molar-refractivity contribution in [2.75, 3.05) is 31.2 Å². The zero-order valence-electron chi connectivity index (χ0n) is 15.8. The van der Waals surface area contributed by atoms with Crippen LogP contribution in [-0.2, 0) is 9.47 Å². The van der Waals surface area contributed by atoms with Gasteiger partial charge in [0.2, 0.25) is 0 Å². The fraction of sp³-hybridized carbons (Fsp3) is 0.381. The van der Waals surface area contributed by atoms with Crippen molar-refractivity contribution in [1.82, 2.24) is 15.0 Å². The zero-order valence-corrected chi connectivity index (χ0v) is 16.6. The lowest BCUT2D eigenvalue weighted by molar-refractivity contribution is -0.169. The van der Waals surface area contributed by atoms with Crippen LogP contribution in [0.1, 0.15) is 18.7 Å². The van der Waals surface area contributed by atoms with Gasteiger partial charge in [-0.1, -0.05) is 6.07 Å². The Labute approximate surface area is 168 Å². The summed E-state index contributed by atoms with van der Waals surface area (Å²) in [5, 5.41) is 2.08. The van der Waals surface area contributed by atoms with E-state index in [0.29, 0.717) is 13.2 Å². The number of aromatic nitrogens is 3. The number of anilines is 1. The third kappa shape index (κ3) is 3.41. The van der Waals surface area contributed by atoms with E-state index in [0.717, 1.165) is 54.4 Å². The second-order valence-electron chi connectivity index (χ2n) is 7.19. The van der Waals surface area contributed by atoms with Crippen molar-refractivity contribution in [3.05, 3.63) is 47.9 Å². The number of piperidine rings is 1. The van der Waals surface area contributed by atoms with Crippen LogP contribution in [0.15, 0.2) is 42.0 Å². The molecule has 0 bridgehead atoms. The molecule has 0 aromatic carbocycles. The van der Waals surface area contributed by atoms with Gasteiger partial charge in [-0.2, -0.15) is 0 Å². The van der Waals surface area contributed by atoms with Crippen molar-refractivity contribution < 1.29 is 9.47 Å². The topological polar surface area (TPSA) is 60.4 Å². The summed E-state index contributed by atoms with van der Waals surface area (Å²) in [4.78, 5) is 17.3. The van der Waals surface area contributed by atoms with Crippen LogP contribution < -0.4 is 4.90 Å². The van der Waals surface area contributed by atoms with Crippen molar-refractivity contribution in [1.29, 1.82) is 0 Å². The number of nitrogens with zero attached hydrogens (tertiary/aromatic N) is 4. The molecule has 0 N–H and O–H groups in total. The van der Waals surface area contributed by atoms with Crippen LogP contribution in [0.25, 0.3) is 21.7 Å². The summed E-state index contributed by atoms with van der Waals surface area (Å²) in [7, 11) is 0. The van der Waals surface area contributed by atoms with Gasteiger partial charge in [0.05, 0.1) is 18.9 Å². The maximum absolute atomic E-state index is 5.84. The molecular weight excluding hydrogens is 372 g/mol. The zero-order chi connectivity index (χ0) is 19.0. The molecule has 0 aliphatic carbocycles. The second-order valence-corrected chi connectivity index (χ2v) is 8.14. The Morgan fingerprint density at radius 2 is 1.82 bits per heavy atom. The molecule has 3 aromatic heterocycles. The minimum absolute atomic E-state index is 0.375. The van der Waals surface area contributed by atoms with Gasteiger partial charge in [0.15, 0.2) is 5.79 Å². The number of hydrogen-bond donors (Lipinski definition) is 0. The molecular formula is C21H22N4O2S. The summed E-state index contributed by atoms with van der Waals surface area (Å²) in [6, 6.07) is 8.38. The Balaban J connectivity index is 1.42. The van der Waals surface area contributed by atoms with Crippen LogP contribution in [0.2, 0.25) is 0 Å². The molecule has 2 saturated heterocycles. The molecule has 144 valence electrons. The first-order chi connectivity index (χ1) is 13.7. The smallest absolute Gasteiger partial charge is 0.171 e. The van der Waals surface area contributed by atoms with E-state index in [1.165, 1.54) is 4.88 Å². The minimum atomic E-state index is -0.375. The van der Waals surface area contributed by atoms with Crippen molar-refractivity contribution in [2.24, 2.45) is 0 Å². The third-order valence-corrected chi connectivity index (χ3v) is 6.25. The Morgan fingerprint density at radius 3 is 2.57 bits per heavy atom. The average molecular weight is 395 g/mol. The number of pyridine rings is 1. The van der Waals surface area contributed by atoms with Crippen LogP contribution in [-0.4, -0.2) is 47.0 Å². The van der Waals surface area contributed by atoms with E-state index in [1.807, 2.05) is 19.3 Å². The first-order valence-electron chi connectivity index (χ1n) is 9.59. The van der Waals surface area contributed by atoms with Gasteiger partial charge in [-0.05, 0) is 24.4 Å². The highest BCUT2D eigenvalue weighted by Crippen LogP contribution is 2.34. The first kappa shape index (κ1) is 17.7. The van der Waals surface area contributed by atoms with Crippen LogP contribution in [0.5, 0.6) is 0 Å². The molecule has 5 rings (SSSR count). The molecule has 2 aliphatic heterocycles. The van der Waals surface area contributed by atoms with E-state index < -0.39 is 0 Å². The number of rotatable bonds is 3. The van der Waals surface area contributed by atoms with Gasteiger partial charge < -0.3 is 14.4 Å². The number of thiophene rings is 1. The first-order valence-corrected chi connectivity index (χ1v) is 10.5. The van der Waals surface area contributed by atoms with Gasteiger partial charge in [-0.25, -0.2) is 9.97 Å². The number of hydrogen-bond acceptors (Lipinski definition) is 7. The Bertz CT molecular complexity index is 960. The third-order valence-electron chi connectivity index (χ3n) is 5.33. The molecule has 1 spiro atoms. The molecule has 0 amide bonds. The van der Waals surface area contributed by atoms with Gasteiger partial charge in [-0.3, -0.25) is 4.98 Å². The minimum Gasteiger partial charge on any atom is -0.356 e. The van der Waals surface area contributed by atoms with Gasteiger partial charge in [0, 0.05) is 60.4 Å². The van der Waals surface area contributed by atoms with Gasteiger partial charge in [-0.15, -0.1) is 11.3 Å². The van der Waals surface area contributed by atoms with Crippen molar-refractivity contribution in [3.8, 4) is 21.7 Å². The van der Waals surface area contributed by atoms with E-state index in [2.05, 4.69) is 49.5 Å². The number of ether oxygens (including phenoxy) is 2. The molecule has 6 nitrogen and oxygen atoms in total. The normalized spacial score (nSPS) is 18.7. The molecule has 28 heavy (non-hydrogen) atoms. The molecule has 0 unspecified atom stereocenters. The molecule has 2 fully saturated rings. The molecule has 0 radical (unpaired) electrons. The van der Waals surface area contributed by atoms with Gasteiger partial charge in [0.25, 0.3) is 0 Å². The molecule has 0 atom stereocenters. The quantitative estimate of drug-likeness (QED) is 0.671. The predicted molar refractivity (Wildman–Crippen MR) is 109 cm³/mol. The summed E-state index contributed by atoms with van der Waals surface area (Å²) >= 11 is 1.71. The maximum atomic E-state index is 5.84. The summed E-state index contributed by atoms with van der Waals surface area (Å²) < 4.78 is 11.7. The Kier molecular flexibility index (Phi) is 4.58. The summed E-state index contributed by atoms with van der Waals surface area (Å²) in [5.41, 5.74) is 3.02. The SMILES string of the molecule is Cc1nc(-c2cncc(-c3cccs3)c2)cc(N2CCC3(CC2)OCCO3)n1. The lowest BCUT2D eigenvalue weighted by Gasteiger charge is -2.38. The van der Waals surface area contributed by atoms with Crippen LogP contribution in [0.4, 0.5) is 5.82 Å². The molecule has 3 aromatic rings. The molecule has 5 heterocycles. The monoisotopic (exact) mass is 394 g/mol. The number of aryl methyl sites for hydroxylation is 1. The van der Waals surface area contributed by atoms with Crippen molar-refractivity contribution in [3.63, 3.8) is 0 Å². The summed E-state index contributed by atoms with van der Waals surface area (Å²) in [6.07, 6.45) is 5.49. The maximum Gasteiger partial charge on any atom is 0.171 e. The highest BCUT2D eigenvalue weighted by atomic mass is 32.1. The molecule has 7 heteroatoms. The molecule has 0 saturated carbocycles. The summed E-state index contributed by atoms with van der Waals surface area (Å²) in [6.45, 7) is 5.07. The average Bonchev–Trinajstić information content (AvgIpc) is 3.41. The fourth-order valence-corrected chi connectivity index (χ4v) is 4.59. The van der Waals surface area contributed by atoms with Crippen molar-refractivity contribution >= 4 is 17.2 Å². The van der Waals surface area contributed by atoms with Crippen LogP contribution in [0, 0.1) is 6.92 Å². The summed E-state index contributed by atoms with van der Waals surface area (Å²) in [5.74, 6) is 1.35. The van der Waals surface area contributed by atoms with E-state index in [4.69, 9.17) is 9.47 Å². The Morgan fingerprint density at radius 1 is 1.04 bits per heavy atom. The molecule has 2 aliphatic rings. The lowest BCUT2D eigenvalue weighted by Crippen LogP contribution is -2.45. The van der Waals surface area contributed by atoms with Crippen molar-refractivity contribution in [2.45, 2.75) is 25.6 Å². The Hall–Kier alpha value is -2.35. The standard InChI is InChI=1S/C21H22N4O2S/c1-15-23-18(16-11-17(14-22-13-16)19-3-2-10-28-19)12-20(24-15)25-6-4-21(5-7-25)26-8-9-27-21/h2-3,10-14H,4-9H2,1H3. The highest BCUT2D eigenvalue weighted by molar-refractivity contribution is 7.13. The fourth-order valence-electron chi connectivity index (χ4n) is 3.88. The highest BCUT2D eigenvalue weighted by Gasteiger charge is 2.40. The van der Waals surface area contributed by atoms with Gasteiger partial charge in [0.1, 0.15) is 11.6 Å².